The molecule has 0 aliphatic heterocycles. The molecule has 19 heavy (non-hydrogen) atoms. The minimum atomic E-state index is -3.51. The molecular formula is C13H23N3O2S. The summed E-state index contributed by atoms with van der Waals surface area (Å²) in [5, 5.41) is 0. The van der Waals surface area contributed by atoms with Crippen LogP contribution in [0, 0.1) is 6.92 Å². The van der Waals surface area contributed by atoms with Crippen LogP contribution in [0.1, 0.15) is 32.3 Å². The van der Waals surface area contributed by atoms with Crippen LogP contribution in [0.15, 0.2) is 18.2 Å². The zero-order valence-corrected chi connectivity index (χ0v) is 12.6. The molecule has 108 valence electrons. The van der Waals surface area contributed by atoms with Gasteiger partial charge in [-0.2, -0.15) is 12.7 Å². The van der Waals surface area contributed by atoms with Crippen molar-refractivity contribution in [2.75, 3.05) is 23.5 Å². The molecule has 0 aliphatic carbocycles. The number of nitrogens with zero attached hydrogens (tertiary/aromatic N) is 1. The van der Waals surface area contributed by atoms with Crippen LogP contribution in [0.25, 0.3) is 0 Å². The maximum Gasteiger partial charge on any atom is 0.301 e. The van der Waals surface area contributed by atoms with Gasteiger partial charge in [-0.05, 0) is 37.5 Å². The molecule has 0 radical (unpaired) electrons. The van der Waals surface area contributed by atoms with Crippen molar-refractivity contribution in [2.45, 2.75) is 33.6 Å². The van der Waals surface area contributed by atoms with Gasteiger partial charge in [0.1, 0.15) is 0 Å². The molecule has 0 bridgehead atoms. The SMILES string of the molecule is CCCN(CCC)S(=O)(=O)Nc1cc(N)ccc1C. The van der Waals surface area contributed by atoms with Gasteiger partial charge < -0.3 is 5.73 Å². The Kier molecular flexibility index (Phi) is 5.62. The van der Waals surface area contributed by atoms with E-state index in [1.807, 2.05) is 20.8 Å². The lowest BCUT2D eigenvalue weighted by molar-refractivity contribution is 0.413. The molecule has 1 aromatic carbocycles. The first-order valence-corrected chi connectivity index (χ1v) is 7.98. The average Bonchev–Trinajstić information content (AvgIpc) is 2.33. The van der Waals surface area contributed by atoms with Crippen LogP contribution in [-0.4, -0.2) is 25.8 Å². The number of hydrogen-bond acceptors (Lipinski definition) is 3. The number of aryl methyl sites for hydroxylation is 1. The fraction of sp³-hybridized carbons (Fsp3) is 0.538. The molecule has 0 unspecified atom stereocenters. The highest BCUT2D eigenvalue weighted by molar-refractivity contribution is 7.90. The number of nitrogen functional groups attached to an aromatic ring is 1. The summed E-state index contributed by atoms with van der Waals surface area (Å²) in [4.78, 5) is 0. The first-order valence-electron chi connectivity index (χ1n) is 6.54. The highest BCUT2D eigenvalue weighted by Crippen LogP contribution is 2.20. The summed E-state index contributed by atoms with van der Waals surface area (Å²) in [7, 11) is -3.51. The van der Waals surface area contributed by atoms with Crippen LogP contribution >= 0.6 is 0 Å². The molecule has 0 saturated carbocycles. The van der Waals surface area contributed by atoms with Crippen molar-refractivity contribution in [3.05, 3.63) is 23.8 Å². The first-order chi connectivity index (χ1) is 8.90. The van der Waals surface area contributed by atoms with Crippen LogP contribution in [0.3, 0.4) is 0 Å². The maximum absolute atomic E-state index is 12.3. The van der Waals surface area contributed by atoms with Gasteiger partial charge in [0.05, 0.1) is 5.69 Å². The van der Waals surface area contributed by atoms with Gasteiger partial charge in [0, 0.05) is 18.8 Å². The van der Waals surface area contributed by atoms with Crippen LogP contribution < -0.4 is 10.5 Å². The van der Waals surface area contributed by atoms with E-state index in [0.29, 0.717) is 24.5 Å². The molecule has 3 N–H and O–H groups in total. The minimum absolute atomic E-state index is 0.518. The van der Waals surface area contributed by atoms with Gasteiger partial charge in [-0.3, -0.25) is 4.72 Å². The van der Waals surface area contributed by atoms with Gasteiger partial charge in [0.15, 0.2) is 0 Å². The molecule has 1 rings (SSSR count). The van der Waals surface area contributed by atoms with Gasteiger partial charge >= 0.3 is 10.2 Å². The van der Waals surface area contributed by atoms with Gasteiger partial charge in [-0.15, -0.1) is 0 Å². The van der Waals surface area contributed by atoms with E-state index >= 15 is 0 Å². The smallest absolute Gasteiger partial charge is 0.301 e. The van der Waals surface area contributed by atoms with Crippen LogP contribution in [0.4, 0.5) is 11.4 Å². The fourth-order valence-electron chi connectivity index (χ4n) is 1.80. The lowest BCUT2D eigenvalue weighted by Gasteiger charge is -2.22. The standard InChI is InChI=1S/C13H23N3O2S/c1-4-8-16(9-5-2)19(17,18)15-13-10-12(14)7-6-11(13)3/h6-7,10,15H,4-5,8-9,14H2,1-3H3. The van der Waals surface area contributed by atoms with E-state index in [0.717, 1.165) is 18.4 Å². The number of hydrogen-bond donors (Lipinski definition) is 2. The third-order valence-electron chi connectivity index (χ3n) is 2.79. The van der Waals surface area contributed by atoms with Crippen LogP contribution in [0.5, 0.6) is 0 Å². The Balaban J connectivity index is 2.96. The highest BCUT2D eigenvalue weighted by atomic mass is 32.2. The Hall–Kier alpha value is -1.27. The lowest BCUT2D eigenvalue weighted by Crippen LogP contribution is -2.37. The fourth-order valence-corrected chi connectivity index (χ4v) is 3.28. The van der Waals surface area contributed by atoms with E-state index < -0.39 is 10.2 Å². The molecule has 6 heteroatoms. The Morgan fingerprint density at radius 3 is 2.32 bits per heavy atom. The van der Waals surface area contributed by atoms with E-state index in [1.165, 1.54) is 4.31 Å². The lowest BCUT2D eigenvalue weighted by atomic mass is 10.2. The summed E-state index contributed by atoms with van der Waals surface area (Å²) in [6.07, 6.45) is 1.58. The molecule has 0 aromatic heterocycles. The third kappa shape index (κ3) is 4.40. The second-order valence-corrected chi connectivity index (χ2v) is 6.25. The van der Waals surface area contributed by atoms with Crippen molar-refractivity contribution < 1.29 is 8.42 Å². The van der Waals surface area contributed by atoms with Gasteiger partial charge in [-0.1, -0.05) is 19.9 Å². The normalized spacial score (nSPS) is 11.8. The van der Waals surface area contributed by atoms with E-state index in [2.05, 4.69) is 4.72 Å². The van der Waals surface area contributed by atoms with E-state index in [4.69, 9.17) is 5.73 Å². The Bertz CT molecular complexity index is 509. The topological polar surface area (TPSA) is 75.4 Å². The molecule has 0 fully saturated rings. The van der Waals surface area contributed by atoms with Gasteiger partial charge in [-0.25, -0.2) is 0 Å². The van der Waals surface area contributed by atoms with Crippen molar-refractivity contribution in [3.8, 4) is 0 Å². The predicted molar refractivity (Wildman–Crippen MR) is 80.3 cm³/mol. The Morgan fingerprint density at radius 2 is 1.79 bits per heavy atom. The molecular weight excluding hydrogens is 262 g/mol. The Morgan fingerprint density at radius 1 is 1.21 bits per heavy atom. The molecule has 1 aromatic rings. The van der Waals surface area contributed by atoms with E-state index in [1.54, 1.807) is 18.2 Å². The zero-order chi connectivity index (χ0) is 14.5. The summed E-state index contributed by atoms with van der Waals surface area (Å²) in [5.74, 6) is 0. The van der Waals surface area contributed by atoms with Gasteiger partial charge in [0.25, 0.3) is 0 Å². The van der Waals surface area contributed by atoms with Crippen LogP contribution in [0.2, 0.25) is 0 Å². The predicted octanol–water partition coefficient (Wildman–Crippen LogP) is 2.36. The molecule has 0 amide bonds. The molecule has 0 aliphatic rings. The molecule has 0 heterocycles. The van der Waals surface area contributed by atoms with Crippen molar-refractivity contribution in [1.82, 2.24) is 4.31 Å². The number of nitrogens with two attached hydrogens (primary N) is 1. The molecule has 0 spiro atoms. The Labute approximate surface area is 116 Å². The van der Waals surface area contributed by atoms with Crippen LogP contribution in [-0.2, 0) is 10.2 Å². The largest absolute Gasteiger partial charge is 0.399 e. The second-order valence-electron chi connectivity index (χ2n) is 4.58. The van der Waals surface area contributed by atoms with Gasteiger partial charge in [0.2, 0.25) is 0 Å². The highest BCUT2D eigenvalue weighted by Gasteiger charge is 2.20. The molecule has 0 atom stereocenters. The summed E-state index contributed by atoms with van der Waals surface area (Å²) >= 11 is 0. The quantitative estimate of drug-likeness (QED) is 0.755. The summed E-state index contributed by atoms with van der Waals surface area (Å²) < 4.78 is 28.7. The number of anilines is 2. The summed E-state index contributed by atoms with van der Waals surface area (Å²) in [5.41, 5.74) is 7.63. The molecule has 0 saturated heterocycles. The van der Waals surface area contributed by atoms with Crippen molar-refractivity contribution in [2.24, 2.45) is 0 Å². The van der Waals surface area contributed by atoms with Crippen molar-refractivity contribution in [1.29, 1.82) is 0 Å². The van der Waals surface area contributed by atoms with E-state index in [9.17, 15) is 8.42 Å². The summed E-state index contributed by atoms with van der Waals surface area (Å²) in [6, 6.07) is 5.20. The van der Waals surface area contributed by atoms with Crippen molar-refractivity contribution >= 4 is 21.6 Å². The second kappa shape index (κ2) is 6.77. The monoisotopic (exact) mass is 285 g/mol. The number of nitrogens with one attached hydrogen (secondary N) is 1. The first kappa shape index (κ1) is 15.8. The minimum Gasteiger partial charge on any atom is -0.399 e. The van der Waals surface area contributed by atoms with Crippen molar-refractivity contribution in [3.63, 3.8) is 0 Å². The number of benzene rings is 1. The molecule has 5 nitrogen and oxygen atoms in total. The van der Waals surface area contributed by atoms with E-state index in [-0.39, 0.29) is 0 Å². The summed E-state index contributed by atoms with van der Waals surface area (Å²) in [6.45, 7) is 6.81. The number of rotatable bonds is 7. The zero-order valence-electron chi connectivity index (χ0n) is 11.8. The third-order valence-corrected chi connectivity index (χ3v) is 4.31. The average molecular weight is 285 g/mol. The maximum atomic E-state index is 12.3.